The Bertz CT molecular complexity index is 331. The maximum Gasteiger partial charge on any atom is 0.310 e. The molecule has 4 nitrogen and oxygen atoms in total. The van der Waals surface area contributed by atoms with Gasteiger partial charge in [-0.2, -0.15) is 0 Å². The van der Waals surface area contributed by atoms with Crippen LogP contribution in [0.5, 0.6) is 0 Å². The fraction of sp³-hybridized carbons (Fsp3) is 0.857. The number of esters is 2. The van der Waals surface area contributed by atoms with Gasteiger partial charge in [-0.05, 0) is 19.3 Å². The van der Waals surface area contributed by atoms with Crippen molar-refractivity contribution in [3.8, 4) is 0 Å². The summed E-state index contributed by atoms with van der Waals surface area (Å²) in [6.07, 6.45) is -0.104. The van der Waals surface area contributed by atoms with Gasteiger partial charge in [-0.25, -0.2) is 0 Å². The van der Waals surface area contributed by atoms with Crippen molar-refractivity contribution in [3.05, 3.63) is 0 Å². The number of ether oxygens (including phenoxy) is 2. The molecule has 0 aromatic carbocycles. The molecule has 18 heavy (non-hydrogen) atoms. The summed E-state index contributed by atoms with van der Waals surface area (Å²) in [6.45, 7) is 11.6. The Balaban J connectivity index is 2.48. The van der Waals surface area contributed by atoms with Gasteiger partial charge in [-0.3, -0.25) is 9.59 Å². The average Bonchev–Trinajstić information content (AvgIpc) is 2.75. The summed E-state index contributed by atoms with van der Waals surface area (Å²) in [6, 6.07) is 0. The molecule has 0 spiro atoms. The minimum atomic E-state index is -0.214. The van der Waals surface area contributed by atoms with Gasteiger partial charge in [0, 0.05) is 5.92 Å². The van der Waals surface area contributed by atoms with Crippen LogP contribution in [0.25, 0.3) is 0 Å². The summed E-state index contributed by atoms with van der Waals surface area (Å²) in [5, 5.41) is 0. The highest BCUT2D eigenvalue weighted by Gasteiger charge is 2.63. The topological polar surface area (TPSA) is 52.6 Å². The monoisotopic (exact) mass is 256 g/mol. The van der Waals surface area contributed by atoms with Gasteiger partial charge in [0.1, 0.15) is 0 Å². The normalized spacial score (nSPS) is 25.1. The molecule has 104 valence electrons. The minimum absolute atomic E-state index is 0.0754. The lowest BCUT2D eigenvalue weighted by molar-refractivity contribution is -0.152. The second-order valence-electron chi connectivity index (χ2n) is 6.18. The van der Waals surface area contributed by atoms with Gasteiger partial charge < -0.3 is 9.47 Å². The number of carbonyl (C=O) groups is 2. The highest BCUT2D eigenvalue weighted by atomic mass is 16.5. The highest BCUT2D eigenvalue weighted by molar-refractivity contribution is 5.78. The predicted octanol–water partition coefficient (Wildman–Crippen LogP) is 2.41. The molecular formula is C14H24O4. The smallest absolute Gasteiger partial charge is 0.310 e. The summed E-state index contributed by atoms with van der Waals surface area (Å²) < 4.78 is 10.4. The fourth-order valence-electron chi connectivity index (χ4n) is 2.17. The lowest BCUT2D eigenvalue weighted by Crippen LogP contribution is -2.17. The van der Waals surface area contributed by atoms with Gasteiger partial charge in [0.2, 0.25) is 0 Å². The van der Waals surface area contributed by atoms with E-state index in [1.165, 1.54) is 0 Å². The zero-order valence-electron chi connectivity index (χ0n) is 12.1. The van der Waals surface area contributed by atoms with Crippen molar-refractivity contribution in [1.82, 2.24) is 0 Å². The minimum Gasteiger partial charge on any atom is -0.465 e. The van der Waals surface area contributed by atoms with Crippen molar-refractivity contribution in [2.75, 3.05) is 6.61 Å². The van der Waals surface area contributed by atoms with Crippen LogP contribution in [0, 0.1) is 23.2 Å². The van der Waals surface area contributed by atoms with Crippen molar-refractivity contribution in [2.45, 2.75) is 47.6 Å². The third-order valence-electron chi connectivity index (χ3n) is 3.53. The fourth-order valence-corrected chi connectivity index (χ4v) is 2.17. The molecule has 1 aliphatic rings. The lowest BCUT2D eigenvalue weighted by atomic mass is 10.1. The molecule has 0 radical (unpaired) electrons. The quantitative estimate of drug-likeness (QED) is 0.709. The van der Waals surface area contributed by atoms with Crippen LogP contribution in [0.1, 0.15) is 41.5 Å². The molecule has 4 heteroatoms. The van der Waals surface area contributed by atoms with Gasteiger partial charge in [-0.1, -0.05) is 27.7 Å². The molecule has 0 aliphatic heterocycles. The van der Waals surface area contributed by atoms with Crippen molar-refractivity contribution in [3.63, 3.8) is 0 Å². The van der Waals surface area contributed by atoms with E-state index in [1.807, 2.05) is 27.7 Å². The Morgan fingerprint density at radius 3 is 2.17 bits per heavy atom. The first kappa shape index (κ1) is 15.0. The first-order valence-electron chi connectivity index (χ1n) is 6.55. The number of rotatable bonds is 5. The first-order valence-corrected chi connectivity index (χ1v) is 6.55. The molecule has 1 aliphatic carbocycles. The molecule has 1 fully saturated rings. The molecule has 0 aromatic heterocycles. The van der Waals surface area contributed by atoms with E-state index in [0.29, 0.717) is 6.61 Å². The maximum absolute atomic E-state index is 11.9. The largest absolute Gasteiger partial charge is 0.465 e. The lowest BCUT2D eigenvalue weighted by Gasteiger charge is -2.08. The molecule has 1 saturated carbocycles. The van der Waals surface area contributed by atoms with Crippen LogP contribution in [-0.2, 0) is 19.1 Å². The number of carbonyl (C=O) groups excluding carboxylic acids is 2. The van der Waals surface area contributed by atoms with E-state index >= 15 is 0 Å². The number of hydrogen-bond donors (Lipinski definition) is 0. The third kappa shape index (κ3) is 3.24. The highest BCUT2D eigenvalue weighted by Crippen LogP contribution is 2.58. The van der Waals surface area contributed by atoms with Crippen molar-refractivity contribution in [1.29, 1.82) is 0 Å². The maximum atomic E-state index is 11.9. The van der Waals surface area contributed by atoms with E-state index in [4.69, 9.17) is 9.47 Å². The summed E-state index contributed by atoms with van der Waals surface area (Å²) in [4.78, 5) is 23.3. The molecule has 0 saturated heterocycles. The first-order chi connectivity index (χ1) is 8.17. The van der Waals surface area contributed by atoms with Crippen molar-refractivity contribution in [2.24, 2.45) is 23.2 Å². The summed E-state index contributed by atoms with van der Waals surface area (Å²) >= 11 is 0. The van der Waals surface area contributed by atoms with E-state index in [2.05, 4.69) is 0 Å². The second kappa shape index (κ2) is 5.29. The Hall–Kier alpha value is -1.06. The van der Waals surface area contributed by atoms with Crippen molar-refractivity contribution >= 4 is 11.9 Å². The van der Waals surface area contributed by atoms with E-state index in [-0.39, 0.29) is 41.2 Å². The standard InChI is InChI=1S/C14H24O4/c1-8(2)12(15)17-7-10-11(14(10,5)6)13(16)18-9(3)4/h8-11H,7H2,1-6H3. The Morgan fingerprint density at radius 2 is 1.72 bits per heavy atom. The third-order valence-corrected chi connectivity index (χ3v) is 3.53. The average molecular weight is 256 g/mol. The molecular weight excluding hydrogens is 232 g/mol. The van der Waals surface area contributed by atoms with Crippen LogP contribution < -0.4 is 0 Å². The van der Waals surface area contributed by atoms with Gasteiger partial charge in [-0.15, -0.1) is 0 Å². The van der Waals surface area contributed by atoms with Crippen LogP contribution in [0.15, 0.2) is 0 Å². The molecule has 1 rings (SSSR count). The van der Waals surface area contributed by atoms with E-state index in [1.54, 1.807) is 13.8 Å². The molecule has 0 N–H and O–H groups in total. The van der Waals surface area contributed by atoms with Gasteiger partial charge >= 0.3 is 11.9 Å². The van der Waals surface area contributed by atoms with Gasteiger partial charge in [0.05, 0.1) is 24.5 Å². The molecule has 0 heterocycles. The summed E-state index contributed by atoms with van der Waals surface area (Å²) in [5.41, 5.74) is -0.136. The molecule has 2 atom stereocenters. The van der Waals surface area contributed by atoms with Crippen LogP contribution in [0.4, 0.5) is 0 Å². The Labute approximate surface area is 109 Å². The predicted molar refractivity (Wildman–Crippen MR) is 67.8 cm³/mol. The van der Waals surface area contributed by atoms with E-state index < -0.39 is 0 Å². The zero-order chi connectivity index (χ0) is 14.1. The molecule has 0 bridgehead atoms. The Morgan fingerprint density at radius 1 is 1.17 bits per heavy atom. The van der Waals surface area contributed by atoms with Crippen LogP contribution in [0.3, 0.4) is 0 Å². The van der Waals surface area contributed by atoms with Crippen molar-refractivity contribution < 1.29 is 19.1 Å². The number of hydrogen-bond acceptors (Lipinski definition) is 4. The van der Waals surface area contributed by atoms with E-state index in [9.17, 15) is 9.59 Å². The molecule has 0 aromatic rings. The SMILES string of the molecule is CC(C)OC(=O)C1C(COC(=O)C(C)C)C1(C)C. The second-order valence-corrected chi connectivity index (χ2v) is 6.18. The van der Waals surface area contributed by atoms with Crippen LogP contribution in [-0.4, -0.2) is 24.6 Å². The van der Waals surface area contributed by atoms with E-state index in [0.717, 1.165) is 0 Å². The van der Waals surface area contributed by atoms with Gasteiger partial charge in [0.25, 0.3) is 0 Å². The van der Waals surface area contributed by atoms with Crippen LogP contribution in [0.2, 0.25) is 0 Å². The van der Waals surface area contributed by atoms with Crippen LogP contribution >= 0.6 is 0 Å². The van der Waals surface area contributed by atoms with Gasteiger partial charge in [0.15, 0.2) is 0 Å². The Kier molecular flexibility index (Phi) is 4.41. The summed E-state index contributed by atoms with van der Waals surface area (Å²) in [5.74, 6) is -0.603. The summed E-state index contributed by atoms with van der Waals surface area (Å²) in [7, 11) is 0. The zero-order valence-corrected chi connectivity index (χ0v) is 12.1. The molecule has 2 unspecified atom stereocenters. The molecule has 0 amide bonds.